The molecule has 154 valence electrons. The van der Waals surface area contributed by atoms with Crippen LogP contribution in [0.25, 0.3) is 10.8 Å². The first-order valence-corrected chi connectivity index (χ1v) is 11.0. The first kappa shape index (κ1) is 19.1. The fraction of sp³-hybridized carbons (Fsp3) is 0.346. The third kappa shape index (κ3) is 3.56. The van der Waals surface area contributed by atoms with Gasteiger partial charge in [0.15, 0.2) is 0 Å². The van der Waals surface area contributed by atoms with E-state index >= 15 is 0 Å². The van der Waals surface area contributed by atoms with Gasteiger partial charge in [0.2, 0.25) is 0 Å². The summed E-state index contributed by atoms with van der Waals surface area (Å²) in [6.07, 6.45) is 2.34. The number of amides is 1. The lowest BCUT2D eigenvalue weighted by Crippen LogP contribution is -2.48. The molecule has 0 aliphatic carbocycles. The van der Waals surface area contributed by atoms with Gasteiger partial charge < -0.3 is 15.5 Å². The van der Waals surface area contributed by atoms with Crippen molar-refractivity contribution in [2.24, 2.45) is 0 Å². The van der Waals surface area contributed by atoms with Gasteiger partial charge >= 0.3 is 0 Å². The Morgan fingerprint density at radius 3 is 2.60 bits per heavy atom. The maximum absolute atomic E-state index is 12.7. The molecule has 5 rings (SSSR count). The van der Waals surface area contributed by atoms with Gasteiger partial charge in [0.25, 0.3) is 5.91 Å². The number of hydrogen-bond acceptors (Lipinski definition) is 3. The van der Waals surface area contributed by atoms with Gasteiger partial charge in [-0.3, -0.25) is 4.79 Å². The van der Waals surface area contributed by atoms with Crippen molar-refractivity contribution in [3.05, 3.63) is 77.9 Å². The van der Waals surface area contributed by atoms with Crippen LogP contribution in [0.2, 0.25) is 0 Å². The van der Waals surface area contributed by atoms with Crippen LogP contribution in [-0.2, 0) is 5.41 Å². The van der Waals surface area contributed by atoms with Crippen LogP contribution in [-0.4, -0.2) is 43.0 Å². The average molecular weight is 400 g/mol. The normalized spacial score (nSPS) is 18.7. The number of carbonyl (C=O) groups excluding carboxylic acids is 1. The first-order valence-electron chi connectivity index (χ1n) is 11.0. The van der Waals surface area contributed by atoms with E-state index in [4.69, 9.17) is 0 Å². The van der Waals surface area contributed by atoms with Crippen molar-refractivity contribution in [3.8, 4) is 0 Å². The highest BCUT2D eigenvalue weighted by molar-refractivity contribution is 5.98. The number of anilines is 1. The molecule has 2 aliphatic heterocycles. The summed E-state index contributed by atoms with van der Waals surface area (Å²) in [6.45, 7) is 6.20. The monoisotopic (exact) mass is 399 g/mol. The molecule has 3 aromatic rings. The second-order valence-electron chi connectivity index (χ2n) is 8.92. The fourth-order valence-corrected chi connectivity index (χ4v) is 5.14. The van der Waals surface area contributed by atoms with Crippen molar-refractivity contribution in [1.29, 1.82) is 0 Å². The number of piperidine rings is 1. The van der Waals surface area contributed by atoms with E-state index in [-0.39, 0.29) is 17.4 Å². The molecule has 1 fully saturated rings. The Kier molecular flexibility index (Phi) is 4.95. The summed E-state index contributed by atoms with van der Waals surface area (Å²) in [5, 5.41) is 9.05. The number of rotatable bonds is 4. The van der Waals surface area contributed by atoms with E-state index in [1.54, 1.807) is 0 Å². The fourth-order valence-electron chi connectivity index (χ4n) is 5.14. The summed E-state index contributed by atoms with van der Waals surface area (Å²) < 4.78 is 0. The van der Waals surface area contributed by atoms with Crippen LogP contribution >= 0.6 is 0 Å². The second-order valence-corrected chi connectivity index (χ2v) is 8.92. The van der Waals surface area contributed by atoms with Crippen molar-refractivity contribution in [1.82, 2.24) is 10.2 Å². The summed E-state index contributed by atoms with van der Waals surface area (Å²) in [4.78, 5) is 15.2. The van der Waals surface area contributed by atoms with Gasteiger partial charge in [-0.15, -0.1) is 0 Å². The Labute approximate surface area is 178 Å². The molecule has 0 unspecified atom stereocenters. The minimum absolute atomic E-state index is 0.00986. The molecule has 3 aromatic carbocycles. The van der Waals surface area contributed by atoms with E-state index in [9.17, 15) is 4.79 Å². The van der Waals surface area contributed by atoms with Gasteiger partial charge in [-0.2, -0.15) is 0 Å². The SMILES string of the molecule is C[C@H](CN1CCC2(CC1)CNc1ccccc12)NC(=O)c1ccc2ccccc2c1. The number of para-hydroxylation sites is 1. The molecule has 2 heterocycles. The predicted octanol–water partition coefficient (Wildman–Crippen LogP) is 4.42. The summed E-state index contributed by atoms with van der Waals surface area (Å²) in [5.74, 6) is 0.00986. The number of carbonyl (C=O) groups is 1. The standard InChI is InChI=1S/C26H29N3O/c1-19(28-25(30)22-11-10-20-6-2-3-7-21(20)16-22)17-29-14-12-26(13-15-29)18-27-24-9-5-4-8-23(24)26/h2-11,16,19,27H,12-15,17-18H2,1H3,(H,28,30)/t19-/m1/s1. The highest BCUT2D eigenvalue weighted by Crippen LogP contribution is 2.43. The molecule has 1 atom stereocenters. The number of hydrogen-bond donors (Lipinski definition) is 2. The van der Waals surface area contributed by atoms with E-state index in [1.165, 1.54) is 24.1 Å². The van der Waals surface area contributed by atoms with Gasteiger partial charge in [-0.25, -0.2) is 0 Å². The largest absolute Gasteiger partial charge is 0.384 e. The van der Waals surface area contributed by atoms with Gasteiger partial charge in [0.05, 0.1) is 0 Å². The number of likely N-dealkylation sites (tertiary alicyclic amines) is 1. The Hall–Kier alpha value is -2.85. The van der Waals surface area contributed by atoms with E-state index in [0.29, 0.717) is 0 Å². The quantitative estimate of drug-likeness (QED) is 0.683. The van der Waals surface area contributed by atoms with Crippen molar-refractivity contribution in [3.63, 3.8) is 0 Å². The Morgan fingerprint density at radius 2 is 1.77 bits per heavy atom. The molecule has 0 saturated carbocycles. The predicted molar refractivity (Wildman–Crippen MR) is 123 cm³/mol. The van der Waals surface area contributed by atoms with Crippen molar-refractivity contribution >= 4 is 22.4 Å². The summed E-state index contributed by atoms with van der Waals surface area (Å²) in [7, 11) is 0. The smallest absolute Gasteiger partial charge is 0.251 e. The van der Waals surface area contributed by atoms with Crippen molar-refractivity contribution in [2.75, 3.05) is 31.5 Å². The molecule has 4 nitrogen and oxygen atoms in total. The Morgan fingerprint density at radius 1 is 1.03 bits per heavy atom. The zero-order chi connectivity index (χ0) is 20.6. The molecule has 0 radical (unpaired) electrons. The van der Waals surface area contributed by atoms with Gasteiger partial charge in [-0.05, 0) is 67.4 Å². The third-order valence-electron chi connectivity index (χ3n) is 6.85. The lowest BCUT2D eigenvalue weighted by atomic mass is 9.74. The Balaban J connectivity index is 1.17. The van der Waals surface area contributed by atoms with Crippen LogP contribution in [0.1, 0.15) is 35.7 Å². The van der Waals surface area contributed by atoms with Crippen LogP contribution in [0.3, 0.4) is 0 Å². The van der Waals surface area contributed by atoms with E-state index in [0.717, 1.165) is 42.5 Å². The highest BCUT2D eigenvalue weighted by atomic mass is 16.1. The molecule has 1 saturated heterocycles. The maximum atomic E-state index is 12.7. The van der Waals surface area contributed by atoms with Gasteiger partial charge in [0.1, 0.15) is 0 Å². The van der Waals surface area contributed by atoms with Crippen LogP contribution in [0.5, 0.6) is 0 Å². The molecule has 1 spiro atoms. The van der Waals surface area contributed by atoms with E-state index in [2.05, 4.69) is 58.9 Å². The molecule has 4 heteroatoms. The van der Waals surface area contributed by atoms with Crippen LogP contribution in [0.4, 0.5) is 5.69 Å². The Bertz CT molecular complexity index is 1070. The van der Waals surface area contributed by atoms with Gasteiger partial charge in [-0.1, -0.05) is 48.5 Å². The number of nitrogens with one attached hydrogen (secondary N) is 2. The summed E-state index contributed by atoms with van der Waals surface area (Å²) in [5.41, 5.74) is 3.81. The van der Waals surface area contributed by atoms with Crippen molar-refractivity contribution in [2.45, 2.75) is 31.2 Å². The van der Waals surface area contributed by atoms with E-state index < -0.39 is 0 Å². The molecular weight excluding hydrogens is 370 g/mol. The topological polar surface area (TPSA) is 44.4 Å². The molecule has 2 N–H and O–H groups in total. The van der Waals surface area contributed by atoms with Gasteiger partial charge in [0, 0.05) is 35.8 Å². The summed E-state index contributed by atoms with van der Waals surface area (Å²) in [6, 6.07) is 22.9. The van der Waals surface area contributed by atoms with Crippen molar-refractivity contribution < 1.29 is 4.79 Å². The summed E-state index contributed by atoms with van der Waals surface area (Å²) >= 11 is 0. The maximum Gasteiger partial charge on any atom is 0.251 e. The van der Waals surface area contributed by atoms with Crippen LogP contribution in [0, 0.1) is 0 Å². The molecular formula is C26H29N3O. The highest BCUT2D eigenvalue weighted by Gasteiger charge is 2.41. The molecule has 1 amide bonds. The minimum Gasteiger partial charge on any atom is -0.384 e. The molecule has 0 aromatic heterocycles. The first-order chi connectivity index (χ1) is 14.6. The zero-order valence-corrected chi connectivity index (χ0v) is 17.5. The zero-order valence-electron chi connectivity index (χ0n) is 17.5. The third-order valence-corrected chi connectivity index (χ3v) is 6.85. The molecule has 2 aliphatic rings. The molecule has 30 heavy (non-hydrogen) atoms. The van der Waals surface area contributed by atoms with Crippen LogP contribution in [0.15, 0.2) is 66.7 Å². The number of benzene rings is 3. The second kappa shape index (κ2) is 7.77. The van der Waals surface area contributed by atoms with E-state index in [1.807, 2.05) is 30.3 Å². The lowest BCUT2D eigenvalue weighted by Gasteiger charge is -2.40. The molecule has 0 bridgehead atoms. The average Bonchev–Trinajstić information content (AvgIpc) is 3.13. The number of nitrogens with zero attached hydrogens (tertiary/aromatic N) is 1. The number of fused-ring (bicyclic) bond motifs is 3. The minimum atomic E-state index is 0.00986. The lowest BCUT2D eigenvalue weighted by molar-refractivity contribution is 0.0917. The van der Waals surface area contributed by atoms with Crippen LogP contribution < -0.4 is 10.6 Å².